The number of rotatable bonds is 7. The van der Waals surface area contributed by atoms with Crippen LogP contribution in [-0.2, 0) is 21.4 Å². The number of nitrogens with zero attached hydrogens (tertiary/aromatic N) is 3. The van der Waals surface area contributed by atoms with Gasteiger partial charge in [-0.05, 0) is 23.8 Å². The Morgan fingerprint density at radius 2 is 1.74 bits per heavy atom. The van der Waals surface area contributed by atoms with Gasteiger partial charge < -0.3 is 4.90 Å². The molecule has 1 aromatic heterocycles. The molecule has 1 N–H and O–H groups in total. The van der Waals surface area contributed by atoms with Gasteiger partial charge in [-0.1, -0.05) is 42.5 Å². The highest BCUT2D eigenvalue weighted by Gasteiger charge is 2.22. The van der Waals surface area contributed by atoms with Crippen molar-refractivity contribution >= 4 is 43.6 Å². The Hall–Kier alpha value is -2.59. The molecule has 4 rings (SSSR count). The Morgan fingerprint density at radius 1 is 1.03 bits per heavy atom. The van der Waals surface area contributed by atoms with Crippen molar-refractivity contribution in [2.75, 3.05) is 32.7 Å². The number of hydrogen-bond donors (Lipinski definition) is 1. The SMILES string of the molecule is O=C(CNS(=O)(=O)C=Cc1ccccc1)N1CCN(Cc2nc3ccccc3s2)CC1. The molecule has 1 aliphatic rings. The van der Waals surface area contributed by atoms with Crippen molar-refractivity contribution < 1.29 is 13.2 Å². The van der Waals surface area contributed by atoms with E-state index in [1.54, 1.807) is 16.2 Å². The molecule has 9 heteroatoms. The summed E-state index contributed by atoms with van der Waals surface area (Å²) in [4.78, 5) is 21.1. The number of sulfonamides is 1. The largest absolute Gasteiger partial charge is 0.339 e. The van der Waals surface area contributed by atoms with Gasteiger partial charge in [-0.25, -0.2) is 18.1 Å². The van der Waals surface area contributed by atoms with Crippen molar-refractivity contribution in [3.05, 3.63) is 70.6 Å². The van der Waals surface area contributed by atoms with Gasteiger partial charge in [0.25, 0.3) is 0 Å². The molecule has 7 nitrogen and oxygen atoms in total. The Kier molecular flexibility index (Phi) is 6.77. The maximum absolute atomic E-state index is 12.4. The van der Waals surface area contributed by atoms with Gasteiger partial charge in [0.2, 0.25) is 15.9 Å². The fraction of sp³-hybridized carbons (Fsp3) is 0.273. The number of amides is 1. The average Bonchev–Trinajstić information content (AvgIpc) is 3.20. The number of benzene rings is 2. The Bertz CT molecular complexity index is 1130. The summed E-state index contributed by atoms with van der Waals surface area (Å²) in [5.74, 6) is -0.212. The molecule has 0 aliphatic carbocycles. The number of piperazine rings is 1. The second-order valence-electron chi connectivity index (χ2n) is 7.31. The van der Waals surface area contributed by atoms with E-state index in [1.807, 2.05) is 48.5 Å². The highest BCUT2D eigenvalue weighted by Crippen LogP contribution is 2.23. The lowest BCUT2D eigenvalue weighted by Crippen LogP contribution is -2.50. The summed E-state index contributed by atoms with van der Waals surface area (Å²) in [5.41, 5.74) is 1.80. The van der Waals surface area contributed by atoms with Gasteiger partial charge in [-0.3, -0.25) is 9.69 Å². The highest BCUT2D eigenvalue weighted by molar-refractivity contribution is 7.92. The van der Waals surface area contributed by atoms with Gasteiger partial charge in [0, 0.05) is 31.6 Å². The van der Waals surface area contributed by atoms with Crippen LogP contribution in [0.3, 0.4) is 0 Å². The molecule has 162 valence electrons. The van der Waals surface area contributed by atoms with E-state index in [4.69, 9.17) is 0 Å². The molecular formula is C22H24N4O3S2. The molecule has 31 heavy (non-hydrogen) atoms. The molecule has 1 saturated heterocycles. The smallest absolute Gasteiger partial charge is 0.237 e. The minimum absolute atomic E-state index is 0.212. The van der Waals surface area contributed by atoms with E-state index in [0.29, 0.717) is 13.1 Å². The van der Waals surface area contributed by atoms with Crippen molar-refractivity contribution in [3.8, 4) is 0 Å². The van der Waals surface area contributed by atoms with Crippen molar-refractivity contribution in [2.45, 2.75) is 6.54 Å². The second kappa shape index (κ2) is 9.69. The minimum atomic E-state index is -3.67. The molecule has 1 amide bonds. The molecule has 0 saturated carbocycles. The first kappa shape index (κ1) is 21.6. The molecule has 0 bridgehead atoms. The van der Waals surface area contributed by atoms with E-state index in [1.165, 1.54) is 10.8 Å². The lowest BCUT2D eigenvalue weighted by atomic mass is 10.2. The van der Waals surface area contributed by atoms with E-state index in [0.717, 1.165) is 41.1 Å². The van der Waals surface area contributed by atoms with Gasteiger partial charge in [-0.15, -0.1) is 11.3 Å². The topological polar surface area (TPSA) is 82.6 Å². The monoisotopic (exact) mass is 456 g/mol. The second-order valence-corrected chi connectivity index (χ2v) is 10.1. The molecule has 2 aromatic carbocycles. The lowest BCUT2D eigenvalue weighted by molar-refractivity contribution is -0.131. The van der Waals surface area contributed by atoms with E-state index >= 15 is 0 Å². The van der Waals surface area contributed by atoms with Crippen LogP contribution in [0.4, 0.5) is 0 Å². The molecule has 3 aromatic rings. The zero-order chi connectivity index (χ0) is 21.7. The fourth-order valence-corrected chi connectivity index (χ4v) is 5.16. The molecule has 1 aliphatic heterocycles. The maximum Gasteiger partial charge on any atom is 0.237 e. The number of carbonyl (C=O) groups is 1. The molecule has 0 spiro atoms. The molecule has 0 unspecified atom stereocenters. The zero-order valence-corrected chi connectivity index (χ0v) is 18.6. The first-order valence-electron chi connectivity index (χ1n) is 10.1. The third kappa shape index (κ3) is 5.98. The summed E-state index contributed by atoms with van der Waals surface area (Å²) < 4.78 is 27.8. The number of para-hydroxylation sites is 1. The van der Waals surface area contributed by atoms with Crippen LogP contribution in [0.1, 0.15) is 10.6 Å². The first-order valence-corrected chi connectivity index (χ1v) is 12.4. The van der Waals surface area contributed by atoms with Crippen LogP contribution in [-0.4, -0.2) is 61.8 Å². The van der Waals surface area contributed by atoms with E-state index in [-0.39, 0.29) is 12.5 Å². The summed E-state index contributed by atoms with van der Waals surface area (Å²) in [6.07, 6.45) is 1.51. The van der Waals surface area contributed by atoms with Crippen molar-refractivity contribution in [3.63, 3.8) is 0 Å². The van der Waals surface area contributed by atoms with Crippen molar-refractivity contribution in [1.82, 2.24) is 19.5 Å². The van der Waals surface area contributed by atoms with Crippen LogP contribution >= 0.6 is 11.3 Å². The van der Waals surface area contributed by atoms with Crippen LogP contribution in [0, 0.1) is 0 Å². The predicted molar refractivity (Wildman–Crippen MR) is 124 cm³/mol. The fourth-order valence-electron chi connectivity index (χ4n) is 3.39. The number of aromatic nitrogens is 1. The first-order chi connectivity index (χ1) is 15.0. The number of thiazole rings is 1. The molecule has 0 atom stereocenters. The molecule has 1 fully saturated rings. The van der Waals surface area contributed by atoms with Gasteiger partial charge in [-0.2, -0.15) is 0 Å². The third-order valence-corrected chi connectivity index (χ3v) is 7.15. The van der Waals surface area contributed by atoms with Gasteiger partial charge >= 0.3 is 0 Å². The van der Waals surface area contributed by atoms with Crippen molar-refractivity contribution in [1.29, 1.82) is 0 Å². The number of fused-ring (bicyclic) bond motifs is 1. The Morgan fingerprint density at radius 3 is 2.48 bits per heavy atom. The van der Waals surface area contributed by atoms with Gasteiger partial charge in [0.1, 0.15) is 5.01 Å². The number of hydrogen-bond acceptors (Lipinski definition) is 6. The summed E-state index contributed by atoms with van der Waals surface area (Å²) in [7, 11) is -3.67. The number of nitrogens with one attached hydrogen (secondary N) is 1. The lowest BCUT2D eigenvalue weighted by Gasteiger charge is -2.34. The Balaban J connectivity index is 1.24. The van der Waals surface area contributed by atoms with Crippen LogP contribution in [0.15, 0.2) is 60.0 Å². The molecular weight excluding hydrogens is 432 g/mol. The number of carbonyl (C=O) groups excluding carboxylic acids is 1. The molecule has 0 radical (unpaired) electrons. The van der Waals surface area contributed by atoms with E-state index < -0.39 is 10.0 Å². The van der Waals surface area contributed by atoms with E-state index in [9.17, 15) is 13.2 Å². The van der Waals surface area contributed by atoms with Gasteiger partial charge in [0.15, 0.2) is 0 Å². The molecule has 2 heterocycles. The predicted octanol–water partition coefficient (Wildman–Crippen LogP) is 2.53. The zero-order valence-electron chi connectivity index (χ0n) is 17.0. The van der Waals surface area contributed by atoms with Gasteiger partial charge in [0.05, 0.1) is 23.3 Å². The summed E-state index contributed by atoms with van der Waals surface area (Å²) in [6.45, 7) is 3.15. The van der Waals surface area contributed by atoms with Crippen LogP contribution in [0.25, 0.3) is 16.3 Å². The maximum atomic E-state index is 12.4. The van der Waals surface area contributed by atoms with Crippen molar-refractivity contribution in [2.24, 2.45) is 0 Å². The minimum Gasteiger partial charge on any atom is -0.339 e. The van der Waals surface area contributed by atoms with Crippen LogP contribution in [0.5, 0.6) is 0 Å². The quantitative estimate of drug-likeness (QED) is 0.591. The normalized spacial score (nSPS) is 15.7. The van der Waals surface area contributed by atoms with E-state index in [2.05, 4.69) is 20.7 Å². The van der Waals surface area contributed by atoms with Crippen LogP contribution in [0.2, 0.25) is 0 Å². The summed E-state index contributed by atoms with van der Waals surface area (Å²) in [5, 5.41) is 2.16. The van der Waals surface area contributed by atoms with Crippen LogP contribution < -0.4 is 4.72 Å². The standard InChI is InChI=1S/C22H24N4O3S2/c27-22(16-23-31(28,29)15-10-18-6-2-1-3-7-18)26-13-11-25(12-14-26)17-21-24-19-8-4-5-9-20(19)30-21/h1-10,15,23H,11-14,16-17H2. The average molecular weight is 457 g/mol. The highest BCUT2D eigenvalue weighted by atomic mass is 32.2. The summed E-state index contributed by atoms with van der Waals surface area (Å²) in [6, 6.07) is 17.2. The Labute approximate surface area is 186 Å². The third-order valence-electron chi connectivity index (χ3n) is 5.09. The summed E-state index contributed by atoms with van der Waals surface area (Å²) >= 11 is 1.70.